The Bertz CT molecular complexity index is 731. The van der Waals surface area contributed by atoms with Gasteiger partial charge in [-0.05, 0) is 45.0 Å². The van der Waals surface area contributed by atoms with Crippen molar-refractivity contribution in [2.24, 2.45) is 0 Å². The third-order valence-corrected chi connectivity index (χ3v) is 6.75. The van der Waals surface area contributed by atoms with E-state index in [0.717, 1.165) is 31.5 Å². The van der Waals surface area contributed by atoms with Crippen LogP contribution in [-0.2, 0) is 23.8 Å². The van der Waals surface area contributed by atoms with E-state index in [1.54, 1.807) is 12.1 Å². The van der Waals surface area contributed by atoms with E-state index in [1.807, 2.05) is 6.92 Å². The third kappa shape index (κ3) is 3.42. The molecule has 0 spiro atoms. The van der Waals surface area contributed by atoms with Crippen LogP contribution in [0.25, 0.3) is 0 Å². The number of piperidine rings is 1. The van der Waals surface area contributed by atoms with Crippen LogP contribution in [0.15, 0.2) is 29.2 Å². The van der Waals surface area contributed by atoms with Crippen molar-refractivity contribution in [3.8, 4) is 0 Å². The van der Waals surface area contributed by atoms with Gasteiger partial charge in [0.05, 0.1) is 17.5 Å². The summed E-state index contributed by atoms with van der Waals surface area (Å²) in [5.74, 6) is 0. The zero-order chi connectivity index (χ0) is 18.3. The summed E-state index contributed by atoms with van der Waals surface area (Å²) in [6.07, 6.45) is 0.116. The predicted octanol–water partition coefficient (Wildman–Crippen LogP) is 1.04. The van der Waals surface area contributed by atoms with Crippen molar-refractivity contribution in [1.82, 2.24) is 4.90 Å². The molecule has 0 amide bonds. The zero-order valence-corrected chi connectivity index (χ0v) is 15.6. The first-order valence-corrected chi connectivity index (χ1v) is 10.6. The Morgan fingerprint density at radius 2 is 1.85 bits per heavy atom. The monoisotopic (exact) mass is 383 g/mol. The summed E-state index contributed by atoms with van der Waals surface area (Å²) in [7, 11) is -4.03. The van der Waals surface area contributed by atoms with E-state index in [9.17, 15) is 13.5 Å². The number of fused-ring (bicyclic) bond motifs is 2. The van der Waals surface area contributed by atoms with E-state index >= 15 is 0 Å². The molecule has 144 valence electrons. The molecule has 3 heterocycles. The number of aliphatic hydroxyl groups is 1. The van der Waals surface area contributed by atoms with Crippen LogP contribution in [0.2, 0.25) is 0 Å². The molecule has 4 rings (SSSR count). The number of benzene rings is 1. The van der Waals surface area contributed by atoms with E-state index < -0.39 is 28.6 Å². The van der Waals surface area contributed by atoms with Crippen LogP contribution in [0.3, 0.4) is 0 Å². The van der Waals surface area contributed by atoms with Gasteiger partial charge in [0.2, 0.25) is 0 Å². The molecule has 3 aliphatic rings. The Labute approximate surface area is 154 Å². The Morgan fingerprint density at radius 3 is 2.54 bits per heavy atom. The molecule has 3 fully saturated rings. The standard InChI is InChI=1S/C18H25NO6S/c1-12-5-7-13(8-6-12)26(21,22)25-17-16(20)15(14-11-23-18(17)24-14)19-9-3-2-4-10-19/h5-8,14-18,20H,2-4,9-11H2,1H3/t14-,15+,16-,17+,18-/m1/s1. The maximum atomic E-state index is 12.7. The molecule has 0 unspecified atom stereocenters. The zero-order valence-electron chi connectivity index (χ0n) is 14.8. The molecular formula is C18H25NO6S. The van der Waals surface area contributed by atoms with Crippen LogP contribution in [0.4, 0.5) is 0 Å². The lowest BCUT2D eigenvalue weighted by Gasteiger charge is -2.44. The summed E-state index contributed by atoms with van der Waals surface area (Å²) in [6.45, 7) is 3.95. The lowest BCUT2D eigenvalue weighted by molar-refractivity contribution is -0.208. The molecule has 8 heteroatoms. The van der Waals surface area contributed by atoms with E-state index in [4.69, 9.17) is 13.7 Å². The molecule has 0 saturated carbocycles. The van der Waals surface area contributed by atoms with Crippen molar-refractivity contribution in [3.63, 3.8) is 0 Å². The predicted molar refractivity (Wildman–Crippen MR) is 93.1 cm³/mol. The van der Waals surface area contributed by atoms with Gasteiger partial charge in [-0.1, -0.05) is 24.1 Å². The molecule has 0 aliphatic carbocycles. The smallest absolute Gasteiger partial charge is 0.297 e. The second-order valence-corrected chi connectivity index (χ2v) is 8.85. The van der Waals surface area contributed by atoms with Gasteiger partial charge < -0.3 is 14.6 Å². The van der Waals surface area contributed by atoms with Crippen molar-refractivity contribution in [2.45, 2.75) is 61.7 Å². The Morgan fingerprint density at radius 1 is 1.15 bits per heavy atom. The normalized spacial score (nSPS) is 35.5. The van der Waals surface area contributed by atoms with Crippen molar-refractivity contribution in [3.05, 3.63) is 29.8 Å². The molecule has 7 nitrogen and oxygen atoms in total. The van der Waals surface area contributed by atoms with Gasteiger partial charge in [0.1, 0.15) is 12.2 Å². The minimum atomic E-state index is -4.03. The molecule has 1 N–H and O–H groups in total. The average Bonchev–Trinajstić information content (AvgIpc) is 3.06. The molecule has 1 aromatic carbocycles. The lowest BCUT2D eigenvalue weighted by atomic mass is 9.94. The maximum Gasteiger partial charge on any atom is 0.297 e. The highest BCUT2D eigenvalue weighted by Crippen LogP contribution is 2.35. The maximum absolute atomic E-state index is 12.7. The fourth-order valence-corrected chi connectivity index (χ4v) is 5.12. The van der Waals surface area contributed by atoms with Gasteiger partial charge in [-0.3, -0.25) is 9.08 Å². The van der Waals surface area contributed by atoms with Crippen LogP contribution >= 0.6 is 0 Å². The van der Waals surface area contributed by atoms with E-state index in [1.165, 1.54) is 18.6 Å². The number of rotatable bonds is 4. The number of likely N-dealkylation sites (tertiary alicyclic amines) is 1. The molecule has 3 saturated heterocycles. The van der Waals surface area contributed by atoms with Crippen LogP contribution in [-0.4, -0.2) is 68.8 Å². The number of aliphatic hydroxyl groups excluding tert-OH is 1. The van der Waals surface area contributed by atoms with Gasteiger partial charge in [-0.2, -0.15) is 8.42 Å². The molecule has 0 aromatic heterocycles. The topological polar surface area (TPSA) is 85.3 Å². The molecule has 26 heavy (non-hydrogen) atoms. The quantitative estimate of drug-likeness (QED) is 0.778. The summed E-state index contributed by atoms with van der Waals surface area (Å²) in [4.78, 5) is 2.24. The molecule has 2 bridgehead atoms. The highest BCUT2D eigenvalue weighted by molar-refractivity contribution is 7.86. The summed E-state index contributed by atoms with van der Waals surface area (Å²) in [6, 6.07) is 6.11. The largest absolute Gasteiger partial charge is 0.388 e. The highest BCUT2D eigenvalue weighted by Gasteiger charge is 2.54. The first-order chi connectivity index (χ1) is 12.5. The summed E-state index contributed by atoms with van der Waals surface area (Å²) in [5, 5.41) is 10.9. The first-order valence-electron chi connectivity index (χ1n) is 9.15. The van der Waals surface area contributed by atoms with Gasteiger partial charge in [0, 0.05) is 0 Å². The highest BCUT2D eigenvalue weighted by atomic mass is 32.2. The van der Waals surface area contributed by atoms with Crippen molar-refractivity contribution >= 4 is 10.1 Å². The minimum Gasteiger partial charge on any atom is -0.388 e. The minimum absolute atomic E-state index is 0.0601. The van der Waals surface area contributed by atoms with Crippen LogP contribution in [0.5, 0.6) is 0 Å². The van der Waals surface area contributed by atoms with Gasteiger partial charge in [-0.15, -0.1) is 0 Å². The first kappa shape index (κ1) is 18.3. The number of aryl methyl sites for hydroxylation is 1. The fraction of sp³-hybridized carbons (Fsp3) is 0.667. The fourth-order valence-electron chi connectivity index (χ4n) is 4.04. The summed E-state index contributed by atoms with van der Waals surface area (Å²) < 4.78 is 42.1. The lowest BCUT2D eigenvalue weighted by Crippen LogP contribution is -2.62. The molecule has 1 aromatic rings. The number of nitrogens with zero attached hydrogens (tertiary/aromatic N) is 1. The summed E-state index contributed by atoms with van der Waals surface area (Å²) in [5.41, 5.74) is 0.956. The van der Waals surface area contributed by atoms with E-state index in [0.29, 0.717) is 6.61 Å². The number of hydrogen-bond acceptors (Lipinski definition) is 7. The molecule has 0 radical (unpaired) electrons. The van der Waals surface area contributed by atoms with Crippen molar-refractivity contribution in [1.29, 1.82) is 0 Å². The second kappa shape index (κ2) is 7.18. The van der Waals surface area contributed by atoms with Gasteiger partial charge in [0.25, 0.3) is 10.1 Å². The Kier molecular flexibility index (Phi) is 5.06. The number of ether oxygens (including phenoxy) is 2. The number of hydrogen-bond donors (Lipinski definition) is 1. The van der Waals surface area contributed by atoms with E-state index in [2.05, 4.69) is 4.90 Å². The Hall–Kier alpha value is -1.03. The molecule has 5 atom stereocenters. The third-order valence-electron chi connectivity index (χ3n) is 5.43. The van der Waals surface area contributed by atoms with Crippen LogP contribution < -0.4 is 0 Å². The van der Waals surface area contributed by atoms with Gasteiger partial charge in [0.15, 0.2) is 12.4 Å². The summed E-state index contributed by atoms with van der Waals surface area (Å²) >= 11 is 0. The van der Waals surface area contributed by atoms with Crippen LogP contribution in [0.1, 0.15) is 24.8 Å². The van der Waals surface area contributed by atoms with Crippen LogP contribution in [0, 0.1) is 6.92 Å². The van der Waals surface area contributed by atoms with Crippen molar-refractivity contribution in [2.75, 3.05) is 19.7 Å². The molecular weight excluding hydrogens is 358 g/mol. The van der Waals surface area contributed by atoms with Gasteiger partial charge in [-0.25, -0.2) is 0 Å². The average molecular weight is 383 g/mol. The SMILES string of the molecule is Cc1ccc(S(=O)(=O)O[C@@H]2[C@@H]3OC[C@@H](O3)[C@H](N3CCCCC3)[C@H]2O)cc1. The van der Waals surface area contributed by atoms with Gasteiger partial charge >= 0.3 is 0 Å². The Balaban J connectivity index is 1.56. The van der Waals surface area contributed by atoms with Crippen molar-refractivity contribution < 1.29 is 27.2 Å². The molecule has 3 aliphatic heterocycles. The second-order valence-electron chi connectivity index (χ2n) is 7.28. The van der Waals surface area contributed by atoms with E-state index in [-0.39, 0.29) is 17.0 Å².